The van der Waals surface area contributed by atoms with E-state index in [1.54, 1.807) is 11.3 Å². The third-order valence-electron chi connectivity index (χ3n) is 5.15. The maximum Gasteiger partial charge on any atom is 0.263 e. The van der Waals surface area contributed by atoms with Crippen molar-refractivity contribution in [2.45, 2.75) is 38.7 Å². The minimum atomic E-state index is -0.466. The van der Waals surface area contributed by atoms with Gasteiger partial charge in [-0.1, -0.05) is 29.8 Å². The molecular weight excluding hydrogens is 356 g/mol. The Morgan fingerprint density at radius 3 is 2.56 bits per heavy atom. The standard InChI is InChI=1S/C22H24N2O2S/c1-15-7-9-18(10-8-15)26-16(2)22(25)24-13-11-17(12-14-24)21-23-19-5-3-4-6-20(19)27-21/h3-10,16-17H,11-14H2,1-2H3. The van der Waals surface area contributed by atoms with Gasteiger partial charge < -0.3 is 9.64 Å². The predicted molar refractivity (Wildman–Crippen MR) is 109 cm³/mol. The van der Waals surface area contributed by atoms with Gasteiger partial charge in [0.25, 0.3) is 5.91 Å². The molecule has 0 radical (unpaired) electrons. The fraction of sp³-hybridized carbons (Fsp3) is 0.364. The minimum absolute atomic E-state index is 0.0679. The maximum absolute atomic E-state index is 12.7. The first-order chi connectivity index (χ1) is 13.1. The first kappa shape index (κ1) is 18.0. The summed E-state index contributed by atoms with van der Waals surface area (Å²) in [7, 11) is 0. The lowest BCUT2D eigenvalue weighted by Gasteiger charge is -2.32. The Balaban J connectivity index is 1.35. The van der Waals surface area contributed by atoms with Gasteiger partial charge in [-0.05, 0) is 51.0 Å². The molecule has 4 rings (SSSR count). The van der Waals surface area contributed by atoms with Gasteiger partial charge in [-0.25, -0.2) is 4.98 Å². The molecule has 5 heteroatoms. The van der Waals surface area contributed by atoms with E-state index in [1.165, 1.54) is 15.3 Å². The second-order valence-electron chi connectivity index (χ2n) is 7.19. The number of ether oxygens (including phenoxy) is 1. The summed E-state index contributed by atoms with van der Waals surface area (Å²) in [6.07, 6.45) is 1.46. The van der Waals surface area contributed by atoms with Crippen molar-refractivity contribution >= 4 is 27.5 Å². The van der Waals surface area contributed by atoms with Gasteiger partial charge in [-0.2, -0.15) is 0 Å². The van der Waals surface area contributed by atoms with Gasteiger partial charge in [0.05, 0.1) is 15.2 Å². The molecule has 0 N–H and O–H groups in total. The molecule has 0 spiro atoms. The molecule has 2 aromatic carbocycles. The van der Waals surface area contributed by atoms with Crippen LogP contribution < -0.4 is 4.74 Å². The number of benzene rings is 2. The molecule has 4 nitrogen and oxygen atoms in total. The van der Waals surface area contributed by atoms with Crippen molar-refractivity contribution in [2.75, 3.05) is 13.1 Å². The number of para-hydroxylation sites is 1. The van der Waals surface area contributed by atoms with Crippen LogP contribution in [0.15, 0.2) is 48.5 Å². The summed E-state index contributed by atoms with van der Waals surface area (Å²) in [6.45, 7) is 5.40. The van der Waals surface area contributed by atoms with Crippen molar-refractivity contribution in [1.29, 1.82) is 0 Å². The number of carbonyl (C=O) groups is 1. The average molecular weight is 381 g/mol. The summed E-state index contributed by atoms with van der Waals surface area (Å²) in [4.78, 5) is 19.5. The predicted octanol–water partition coefficient (Wildman–Crippen LogP) is 4.78. The van der Waals surface area contributed by atoms with E-state index in [2.05, 4.69) is 18.2 Å². The number of aryl methyl sites for hydroxylation is 1. The van der Waals surface area contributed by atoms with Gasteiger partial charge >= 0.3 is 0 Å². The highest BCUT2D eigenvalue weighted by atomic mass is 32.1. The fourth-order valence-electron chi connectivity index (χ4n) is 3.54. The van der Waals surface area contributed by atoms with Crippen LogP contribution in [-0.4, -0.2) is 35.0 Å². The van der Waals surface area contributed by atoms with Gasteiger partial charge in [0, 0.05) is 19.0 Å². The molecule has 1 unspecified atom stereocenters. The van der Waals surface area contributed by atoms with E-state index in [1.807, 2.05) is 49.1 Å². The van der Waals surface area contributed by atoms with Crippen LogP contribution in [0.4, 0.5) is 0 Å². The Morgan fingerprint density at radius 2 is 1.85 bits per heavy atom. The summed E-state index contributed by atoms with van der Waals surface area (Å²) in [5.41, 5.74) is 2.26. The number of hydrogen-bond donors (Lipinski definition) is 0. The highest BCUT2D eigenvalue weighted by Crippen LogP contribution is 2.34. The van der Waals surface area contributed by atoms with Crippen LogP contribution in [0.2, 0.25) is 0 Å². The molecule has 1 aliphatic heterocycles. The number of nitrogens with zero attached hydrogens (tertiary/aromatic N) is 2. The first-order valence-electron chi connectivity index (χ1n) is 9.48. The molecule has 140 valence electrons. The van der Waals surface area contributed by atoms with E-state index >= 15 is 0 Å². The number of rotatable bonds is 4. The Kier molecular flexibility index (Phi) is 5.12. The molecule has 1 fully saturated rings. The summed E-state index contributed by atoms with van der Waals surface area (Å²) >= 11 is 1.78. The van der Waals surface area contributed by atoms with Crippen molar-refractivity contribution in [2.24, 2.45) is 0 Å². The second-order valence-corrected chi connectivity index (χ2v) is 8.25. The summed E-state index contributed by atoms with van der Waals surface area (Å²) in [5.74, 6) is 1.25. The van der Waals surface area contributed by atoms with Crippen LogP contribution in [0.3, 0.4) is 0 Å². The summed E-state index contributed by atoms with van der Waals surface area (Å²) < 4.78 is 7.08. The van der Waals surface area contributed by atoms with E-state index in [0.29, 0.717) is 5.92 Å². The number of likely N-dealkylation sites (tertiary alicyclic amines) is 1. The van der Waals surface area contributed by atoms with Crippen LogP contribution in [-0.2, 0) is 4.79 Å². The summed E-state index contributed by atoms with van der Waals surface area (Å²) in [6, 6.07) is 16.1. The highest BCUT2D eigenvalue weighted by molar-refractivity contribution is 7.18. The molecule has 27 heavy (non-hydrogen) atoms. The molecule has 0 aliphatic carbocycles. The van der Waals surface area contributed by atoms with Gasteiger partial charge in [0.15, 0.2) is 6.10 Å². The number of thiazole rings is 1. The van der Waals surface area contributed by atoms with Gasteiger partial charge in [0.1, 0.15) is 5.75 Å². The van der Waals surface area contributed by atoms with Crippen molar-refractivity contribution < 1.29 is 9.53 Å². The number of fused-ring (bicyclic) bond motifs is 1. The largest absolute Gasteiger partial charge is 0.481 e. The quantitative estimate of drug-likeness (QED) is 0.654. The van der Waals surface area contributed by atoms with E-state index in [4.69, 9.17) is 9.72 Å². The number of hydrogen-bond acceptors (Lipinski definition) is 4. The molecular formula is C22H24N2O2S. The molecule has 1 saturated heterocycles. The minimum Gasteiger partial charge on any atom is -0.481 e. The zero-order valence-electron chi connectivity index (χ0n) is 15.7. The Labute approximate surface area is 163 Å². The number of piperidine rings is 1. The second kappa shape index (κ2) is 7.69. The topological polar surface area (TPSA) is 42.4 Å². The molecule has 0 bridgehead atoms. The third kappa shape index (κ3) is 3.98. The molecule has 1 amide bonds. The monoisotopic (exact) mass is 380 g/mol. The molecule has 3 aromatic rings. The van der Waals surface area contributed by atoms with E-state index in [-0.39, 0.29) is 5.91 Å². The van der Waals surface area contributed by atoms with E-state index in [9.17, 15) is 4.79 Å². The van der Waals surface area contributed by atoms with Gasteiger partial charge in [-0.15, -0.1) is 11.3 Å². The number of aromatic nitrogens is 1. The Morgan fingerprint density at radius 1 is 1.15 bits per heavy atom. The Hall–Kier alpha value is -2.40. The van der Waals surface area contributed by atoms with E-state index < -0.39 is 6.10 Å². The lowest BCUT2D eigenvalue weighted by molar-refractivity contribution is -0.139. The number of carbonyl (C=O) groups excluding carboxylic acids is 1. The Bertz CT molecular complexity index is 894. The van der Waals surface area contributed by atoms with Crippen molar-refractivity contribution in [3.63, 3.8) is 0 Å². The first-order valence-corrected chi connectivity index (χ1v) is 10.3. The number of amides is 1. The molecule has 1 aliphatic rings. The van der Waals surface area contributed by atoms with Crippen LogP contribution in [0.25, 0.3) is 10.2 Å². The zero-order valence-corrected chi connectivity index (χ0v) is 16.5. The molecule has 0 saturated carbocycles. The normalized spacial score (nSPS) is 16.4. The van der Waals surface area contributed by atoms with Crippen molar-refractivity contribution in [3.8, 4) is 5.75 Å². The molecule has 2 heterocycles. The molecule has 1 aromatic heterocycles. The molecule has 1 atom stereocenters. The van der Waals surface area contributed by atoms with Crippen molar-refractivity contribution in [3.05, 3.63) is 59.1 Å². The van der Waals surface area contributed by atoms with Crippen LogP contribution in [0.1, 0.15) is 36.3 Å². The smallest absolute Gasteiger partial charge is 0.263 e. The van der Waals surface area contributed by atoms with Gasteiger partial charge in [-0.3, -0.25) is 4.79 Å². The maximum atomic E-state index is 12.7. The highest BCUT2D eigenvalue weighted by Gasteiger charge is 2.29. The fourth-order valence-corrected chi connectivity index (χ4v) is 4.68. The van der Waals surface area contributed by atoms with Gasteiger partial charge in [0.2, 0.25) is 0 Å². The lowest BCUT2D eigenvalue weighted by atomic mass is 9.97. The van der Waals surface area contributed by atoms with Crippen LogP contribution in [0, 0.1) is 6.92 Å². The SMILES string of the molecule is Cc1ccc(OC(C)C(=O)N2CCC(c3nc4ccccc4s3)CC2)cc1. The van der Waals surface area contributed by atoms with E-state index in [0.717, 1.165) is 37.2 Å². The average Bonchev–Trinajstić information content (AvgIpc) is 3.13. The summed E-state index contributed by atoms with van der Waals surface area (Å²) in [5, 5.41) is 1.20. The van der Waals surface area contributed by atoms with Crippen LogP contribution in [0.5, 0.6) is 5.75 Å². The third-order valence-corrected chi connectivity index (χ3v) is 6.35. The van der Waals surface area contributed by atoms with Crippen LogP contribution >= 0.6 is 11.3 Å². The zero-order chi connectivity index (χ0) is 18.8. The van der Waals surface area contributed by atoms with Crippen molar-refractivity contribution in [1.82, 2.24) is 9.88 Å². The lowest BCUT2D eigenvalue weighted by Crippen LogP contribution is -2.44.